The minimum absolute atomic E-state index is 0. The Labute approximate surface area is 71.5 Å². The zero-order valence-corrected chi connectivity index (χ0v) is 7.39. The van der Waals surface area contributed by atoms with Crippen LogP contribution in [0.2, 0.25) is 0 Å². The van der Waals surface area contributed by atoms with Crippen LogP contribution in [0.25, 0.3) is 0 Å². The minimum Gasteiger partial charge on any atom is -0.560 e. The molecule has 0 saturated carbocycles. The first-order chi connectivity index (χ1) is 4.30. The molecule has 3 nitrogen and oxygen atoms in total. The van der Waals surface area contributed by atoms with E-state index >= 15 is 0 Å². The monoisotopic (exact) mass is 317 g/mol. The van der Waals surface area contributed by atoms with E-state index in [4.69, 9.17) is 5.11 Å². The Morgan fingerprint density at radius 3 is 2.50 bits per heavy atom. The minimum atomic E-state index is -0.740. The molecule has 0 atom stereocenters. The van der Waals surface area contributed by atoms with Gasteiger partial charge in [-0.2, -0.15) is 0 Å². The van der Waals surface area contributed by atoms with E-state index < -0.39 is 5.97 Å². The average molecular weight is 316 g/mol. The molecule has 0 radical (unpaired) electrons. The fourth-order valence-electron chi connectivity index (χ4n) is 0.497. The first-order valence-electron chi connectivity index (χ1n) is 2.47. The first kappa shape index (κ1) is 9.27. The van der Waals surface area contributed by atoms with Crippen molar-refractivity contribution in [3.8, 4) is 0 Å². The summed E-state index contributed by atoms with van der Waals surface area (Å²) in [6.07, 6.45) is 1.49. The van der Waals surface area contributed by atoms with E-state index in [9.17, 15) is 4.79 Å². The molecule has 0 amide bonds. The number of carbonyl (C=O) groups is 1. The normalized spacial score (nSPS) is 8.00. The Morgan fingerprint density at radius 2 is 2.20 bits per heavy atom. The largest absolute Gasteiger partial charge is 3.00 e. The molecule has 1 aromatic rings. The maximum atomic E-state index is 10.2. The molecule has 10 heavy (non-hydrogen) atoms. The molecular weight excluding hydrogens is 310 g/mol. The van der Waals surface area contributed by atoms with Crippen LogP contribution in [-0.4, -0.2) is 16.1 Å². The summed E-state index contributed by atoms with van der Waals surface area (Å²) >= 11 is 0. The standard InChI is InChI=1S/C6H5NO2.Ir/c8-6(9)5-3-1-2-4-7-5;/h1-4H,(H,8,9);/q;+3/p+1. The Kier molecular flexibility index (Phi) is 3.84. The van der Waals surface area contributed by atoms with Gasteiger partial charge in [0.15, 0.2) is 0 Å². The summed E-state index contributed by atoms with van der Waals surface area (Å²) in [6, 6.07) is 4.89. The van der Waals surface area contributed by atoms with Crippen molar-refractivity contribution in [1.29, 1.82) is 0 Å². The molecule has 1 aromatic heterocycles. The van der Waals surface area contributed by atoms with Crippen molar-refractivity contribution < 1.29 is 30.0 Å². The molecule has 2 N–H and O–H groups in total. The van der Waals surface area contributed by atoms with Gasteiger partial charge < -0.3 is 5.11 Å². The molecule has 0 aliphatic rings. The number of aromatic nitrogens is 1. The molecule has 0 unspecified atom stereocenters. The number of rotatable bonds is 1. The van der Waals surface area contributed by atoms with Crippen LogP contribution in [0.1, 0.15) is 10.5 Å². The van der Waals surface area contributed by atoms with Crippen molar-refractivity contribution in [2.75, 3.05) is 0 Å². The summed E-state index contributed by atoms with van der Waals surface area (Å²) in [4.78, 5) is 13.9. The third-order valence-electron chi connectivity index (χ3n) is 0.898. The van der Waals surface area contributed by atoms with Crippen molar-refractivity contribution >= 4 is 5.97 Å². The Morgan fingerprint density at radius 1 is 1.50 bits per heavy atom. The van der Waals surface area contributed by atoms with E-state index in [-0.39, 0.29) is 25.8 Å². The van der Waals surface area contributed by atoms with E-state index in [1.165, 1.54) is 12.3 Å². The van der Waals surface area contributed by atoms with Crippen molar-refractivity contribution in [1.82, 2.24) is 4.98 Å². The third-order valence-corrected chi connectivity index (χ3v) is 0.898. The van der Waals surface area contributed by atoms with Gasteiger partial charge >= 0.3 is 26.1 Å². The summed E-state index contributed by atoms with van der Waals surface area (Å²) in [6.45, 7) is 0. The van der Waals surface area contributed by atoms with E-state index in [0.29, 0.717) is 0 Å². The Bertz CT molecular complexity index is 212. The molecular formula is C6H6IrNO2+4. The summed E-state index contributed by atoms with van der Waals surface area (Å²) in [5.74, 6) is -0.740. The van der Waals surface area contributed by atoms with E-state index in [0.717, 1.165) is 0 Å². The van der Waals surface area contributed by atoms with Crippen molar-refractivity contribution in [2.24, 2.45) is 0 Å². The van der Waals surface area contributed by atoms with Gasteiger partial charge in [-0.25, -0.2) is 4.98 Å². The summed E-state index contributed by atoms with van der Waals surface area (Å²) in [5.41, 5.74) is 0.192. The van der Waals surface area contributed by atoms with Crippen LogP contribution >= 0.6 is 0 Å². The topological polar surface area (TPSA) is 52.9 Å². The third kappa shape index (κ3) is 2.25. The van der Waals surface area contributed by atoms with Gasteiger partial charge in [0, 0.05) is 11.0 Å². The molecule has 0 bridgehead atoms. The maximum absolute atomic E-state index is 10.2. The fraction of sp³-hybridized carbons (Fsp3) is 0. The fourth-order valence-corrected chi connectivity index (χ4v) is 0.497. The molecule has 0 spiro atoms. The molecule has 4 heteroatoms. The van der Waals surface area contributed by atoms with Gasteiger partial charge in [0.2, 0.25) is 5.69 Å². The van der Waals surface area contributed by atoms with Crippen LogP contribution in [-0.2, 0) is 20.1 Å². The number of pyridine rings is 1. The number of nitrogens with zero attached hydrogens (tertiary/aromatic N) is 1. The molecule has 0 fully saturated rings. The van der Waals surface area contributed by atoms with Crippen LogP contribution in [0, 0.1) is 0 Å². The first-order valence-corrected chi connectivity index (χ1v) is 2.47. The van der Waals surface area contributed by atoms with Crippen LogP contribution in [0.4, 0.5) is 0 Å². The number of carbonyl (C=O) groups excluding carboxylic acids is 1. The predicted octanol–water partition coefficient (Wildman–Crippen LogP) is -0.0561. The van der Waals surface area contributed by atoms with E-state index in [1.54, 1.807) is 12.1 Å². The van der Waals surface area contributed by atoms with Gasteiger partial charge in [0.25, 0.3) is 0 Å². The zero-order chi connectivity index (χ0) is 6.69. The van der Waals surface area contributed by atoms with Gasteiger partial charge in [0.1, 0.15) is 0 Å². The van der Waals surface area contributed by atoms with Gasteiger partial charge in [-0.3, -0.25) is 0 Å². The molecule has 52 valence electrons. The smallest absolute Gasteiger partial charge is 0.560 e. The summed E-state index contributed by atoms with van der Waals surface area (Å²) in [5, 5.41) is 6.62. The second-order valence-corrected chi connectivity index (χ2v) is 1.54. The maximum Gasteiger partial charge on any atom is 3.00 e. The second-order valence-electron chi connectivity index (χ2n) is 1.54. The molecule has 0 aromatic carbocycles. The summed E-state index contributed by atoms with van der Waals surface area (Å²) < 4.78 is 0. The van der Waals surface area contributed by atoms with Gasteiger partial charge in [0.05, 0.1) is 0 Å². The second kappa shape index (κ2) is 4.14. The zero-order valence-electron chi connectivity index (χ0n) is 5.00. The quantitative estimate of drug-likeness (QED) is 0.682. The molecule has 1 heterocycles. The molecule has 0 aliphatic heterocycles. The van der Waals surface area contributed by atoms with E-state index in [1.807, 2.05) is 0 Å². The average Bonchev–Trinajstić information content (AvgIpc) is 1.90. The SMILES string of the molecule is O=C([OH2+])c1ccccn1.[Ir+3]. The van der Waals surface area contributed by atoms with Crippen LogP contribution in [0.5, 0.6) is 0 Å². The molecule has 0 aliphatic carbocycles. The molecule has 1 rings (SSSR count). The van der Waals surface area contributed by atoms with Gasteiger partial charge in [-0.15, -0.1) is 0 Å². The molecule has 0 saturated heterocycles. The van der Waals surface area contributed by atoms with Crippen molar-refractivity contribution in [2.45, 2.75) is 0 Å². The van der Waals surface area contributed by atoms with Gasteiger partial charge in [-0.05, 0) is 12.1 Å². The number of hydrogen-bond donors (Lipinski definition) is 0. The summed E-state index contributed by atoms with van der Waals surface area (Å²) in [7, 11) is 0. The van der Waals surface area contributed by atoms with Crippen molar-refractivity contribution in [3.05, 3.63) is 30.1 Å². The van der Waals surface area contributed by atoms with Crippen LogP contribution in [0.15, 0.2) is 24.4 Å². The number of hydrogen-bond acceptors (Lipinski definition) is 2. The predicted molar refractivity (Wildman–Crippen MR) is 32.2 cm³/mol. The van der Waals surface area contributed by atoms with E-state index in [2.05, 4.69) is 4.98 Å². The van der Waals surface area contributed by atoms with Gasteiger partial charge in [-0.1, -0.05) is 6.07 Å². The van der Waals surface area contributed by atoms with Crippen LogP contribution in [0.3, 0.4) is 0 Å². The Balaban J connectivity index is 0.000000810. The van der Waals surface area contributed by atoms with Crippen molar-refractivity contribution in [3.63, 3.8) is 0 Å². The Hall–Kier alpha value is -0.731. The van der Waals surface area contributed by atoms with Crippen LogP contribution < -0.4 is 0 Å².